The van der Waals surface area contributed by atoms with Gasteiger partial charge in [-0.1, -0.05) is 30.3 Å². The van der Waals surface area contributed by atoms with Gasteiger partial charge in [-0.15, -0.1) is 0 Å². The van der Waals surface area contributed by atoms with E-state index < -0.39 is 0 Å². The first kappa shape index (κ1) is 15.5. The molecular weight excluding hydrogens is 246 g/mol. The van der Waals surface area contributed by atoms with Crippen molar-refractivity contribution < 1.29 is 0 Å². The molecule has 3 heteroatoms. The Balaban J connectivity index is 1.84. The predicted molar refractivity (Wildman–Crippen MR) is 86.0 cm³/mol. The third kappa shape index (κ3) is 4.30. The van der Waals surface area contributed by atoms with Crippen molar-refractivity contribution in [1.82, 2.24) is 15.1 Å². The number of hydrogen-bond donors (Lipinski definition) is 1. The van der Waals surface area contributed by atoms with Crippen LogP contribution in [0.1, 0.15) is 30.9 Å². The second-order valence-electron chi connectivity index (χ2n) is 6.10. The van der Waals surface area contributed by atoms with Crippen LogP contribution in [0.15, 0.2) is 30.3 Å². The quantitative estimate of drug-likeness (QED) is 0.860. The van der Waals surface area contributed by atoms with Gasteiger partial charge in [-0.25, -0.2) is 0 Å². The number of nitrogens with zero attached hydrogens (tertiary/aromatic N) is 2. The van der Waals surface area contributed by atoms with Crippen LogP contribution in [0, 0.1) is 0 Å². The number of nitrogens with one attached hydrogen (secondary N) is 1. The van der Waals surface area contributed by atoms with Gasteiger partial charge in [0.1, 0.15) is 0 Å². The van der Waals surface area contributed by atoms with E-state index in [2.05, 4.69) is 66.6 Å². The Morgan fingerprint density at radius 1 is 1.30 bits per heavy atom. The highest BCUT2D eigenvalue weighted by atomic mass is 15.2. The van der Waals surface area contributed by atoms with E-state index >= 15 is 0 Å². The molecule has 1 saturated heterocycles. The van der Waals surface area contributed by atoms with Crippen molar-refractivity contribution in [2.45, 2.75) is 31.3 Å². The van der Waals surface area contributed by atoms with E-state index in [0.717, 1.165) is 6.04 Å². The van der Waals surface area contributed by atoms with Crippen LogP contribution in [0.4, 0.5) is 0 Å². The normalized spacial score (nSPS) is 22.1. The Morgan fingerprint density at radius 3 is 2.70 bits per heavy atom. The van der Waals surface area contributed by atoms with Gasteiger partial charge in [0.15, 0.2) is 0 Å². The summed E-state index contributed by atoms with van der Waals surface area (Å²) in [5.74, 6) is 0. The second-order valence-corrected chi connectivity index (χ2v) is 6.10. The summed E-state index contributed by atoms with van der Waals surface area (Å²) in [6, 6.07) is 12.0. The molecule has 2 unspecified atom stereocenters. The van der Waals surface area contributed by atoms with Crippen LogP contribution < -0.4 is 5.32 Å². The number of hydrogen-bond acceptors (Lipinski definition) is 3. The monoisotopic (exact) mass is 275 g/mol. The first-order valence-electron chi connectivity index (χ1n) is 7.81. The minimum absolute atomic E-state index is 0.468. The maximum atomic E-state index is 3.45. The van der Waals surface area contributed by atoms with E-state index in [1.54, 1.807) is 0 Å². The Bertz CT molecular complexity index is 377. The summed E-state index contributed by atoms with van der Waals surface area (Å²) in [6.45, 7) is 3.67. The van der Waals surface area contributed by atoms with E-state index in [1.807, 2.05) is 0 Å². The van der Waals surface area contributed by atoms with Crippen molar-refractivity contribution in [3.05, 3.63) is 35.9 Å². The molecule has 0 saturated carbocycles. The van der Waals surface area contributed by atoms with Crippen molar-refractivity contribution in [1.29, 1.82) is 0 Å². The number of rotatable bonds is 6. The summed E-state index contributed by atoms with van der Waals surface area (Å²) >= 11 is 0. The molecule has 1 N–H and O–H groups in total. The molecule has 1 aliphatic heterocycles. The predicted octanol–water partition coefficient (Wildman–Crippen LogP) is 2.36. The average Bonchev–Trinajstić information content (AvgIpc) is 2.49. The third-order valence-electron chi connectivity index (χ3n) is 4.50. The Hall–Kier alpha value is -0.900. The lowest BCUT2D eigenvalue weighted by Gasteiger charge is -2.36. The molecule has 0 aliphatic carbocycles. The van der Waals surface area contributed by atoms with Crippen LogP contribution in [0.2, 0.25) is 0 Å². The Kier molecular flexibility index (Phi) is 6.02. The van der Waals surface area contributed by atoms with Gasteiger partial charge in [0.2, 0.25) is 0 Å². The number of piperidine rings is 1. The van der Waals surface area contributed by atoms with Gasteiger partial charge in [-0.3, -0.25) is 0 Å². The van der Waals surface area contributed by atoms with Gasteiger partial charge in [0.25, 0.3) is 0 Å². The highest BCUT2D eigenvalue weighted by molar-refractivity contribution is 5.18. The molecule has 1 aromatic rings. The molecular formula is C17H29N3. The molecule has 0 bridgehead atoms. The fourth-order valence-corrected chi connectivity index (χ4v) is 3.13. The highest BCUT2D eigenvalue weighted by Crippen LogP contribution is 2.19. The van der Waals surface area contributed by atoms with E-state index in [-0.39, 0.29) is 0 Å². The maximum absolute atomic E-state index is 3.45. The smallest absolute Gasteiger partial charge is 0.0329 e. The zero-order valence-corrected chi connectivity index (χ0v) is 13.2. The van der Waals surface area contributed by atoms with E-state index in [4.69, 9.17) is 0 Å². The lowest BCUT2D eigenvalue weighted by Crippen LogP contribution is -2.45. The first-order valence-corrected chi connectivity index (χ1v) is 7.81. The molecule has 0 amide bonds. The molecule has 1 fully saturated rings. The molecule has 112 valence electrons. The van der Waals surface area contributed by atoms with Gasteiger partial charge >= 0.3 is 0 Å². The van der Waals surface area contributed by atoms with Gasteiger partial charge < -0.3 is 15.1 Å². The van der Waals surface area contributed by atoms with Crippen LogP contribution in [0.25, 0.3) is 0 Å². The summed E-state index contributed by atoms with van der Waals surface area (Å²) in [5, 5.41) is 3.45. The Labute approximate surface area is 124 Å². The molecule has 2 atom stereocenters. The fraction of sp³-hybridized carbons (Fsp3) is 0.647. The molecule has 0 spiro atoms. The molecule has 1 aliphatic rings. The largest absolute Gasteiger partial charge is 0.313 e. The van der Waals surface area contributed by atoms with Gasteiger partial charge in [0, 0.05) is 25.2 Å². The molecule has 0 radical (unpaired) electrons. The number of benzene rings is 1. The van der Waals surface area contributed by atoms with Crippen LogP contribution in [-0.2, 0) is 0 Å². The zero-order valence-electron chi connectivity index (χ0n) is 13.2. The van der Waals surface area contributed by atoms with E-state index in [0.29, 0.717) is 6.04 Å². The molecule has 1 heterocycles. The molecule has 20 heavy (non-hydrogen) atoms. The lowest BCUT2D eigenvalue weighted by atomic mass is 10.0. The van der Waals surface area contributed by atoms with Crippen molar-refractivity contribution in [3.63, 3.8) is 0 Å². The Morgan fingerprint density at radius 2 is 2.05 bits per heavy atom. The van der Waals surface area contributed by atoms with Gasteiger partial charge in [0.05, 0.1) is 0 Å². The van der Waals surface area contributed by atoms with Crippen molar-refractivity contribution in [3.8, 4) is 0 Å². The van der Waals surface area contributed by atoms with Crippen molar-refractivity contribution in [2.75, 3.05) is 40.8 Å². The van der Waals surface area contributed by atoms with Crippen molar-refractivity contribution >= 4 is 0 Å². The van der Waals surface area contributed by atoms with Gasteiger partial charge in [-0.05, 0) is 52.5 Å². The minimum Gasteiger partial charge on any atom is -0.313 e. The van der Waals surface area contributed by atoms with E-state index in [9.17, 15) is 0 Å². The average molecular weight is 275 g/mol. The minimum atomic E-state index is 0.468. The summed E-state index contributed by atoms with van der Waals surface area (Å²) in [6.07, 6.45) is 3.86. The topological polar surface area (TPSA) is 18.5 Å². The molecule has 1 aromatic carbocycles. The first-order chi connectivity index (χ1) is 9.70. The molecule has 0 aromatic heterocycles. The number of likely N-dealkylation sites (tertiary alicyclic amines) is 1. The third-order valence-corrected chi connectivity index (χ3v) is 4.50. The summed E-state index contributed by atoms with van der Waals surface area (Å²) in [4.78, 5) is 5.00. The summed E-state index contributed by atoms with van der Waals surface area (Å²) in [7, 11) is 6.47. The van der Waals surface area contributed by atoms with Crippen LogP contribution in [0.3, 0.4) is 0 Å². The summed E-state index contributed by atoms with van der Waals surface area (Å²) in [5.41, 5.74) is 1.40. The maximum Gasteiger partial charge on any atom is 0.0329 e. The highest BCUT2D eigenvalue weighted by Gasteiger charge is 2.21. The molecule has 2 rings (SSSR count). The zero-order chi connectivity index (χ0) is 14.4. The van der Waals surface area contributed by atoms with Gasteiger partial charge in [-0.2, -0.15) is 0 Å². The van der Waals surface area contributed by atoms with Crippen molar-refractivity contribution in [2.24, 2.45) is 0 Å². The number of likely N-dealkylation sites (N-methyl/N-ethyl adjacent to an activating group) is 1. The SMILES string of the molecule is CNC(CCN1CCCC(N(C)C)C1)c1ccccc1. The lowest BCUT2D eigenvalue weighted by molar-refractivity contribution is 0.129. The van der Waals surface area contributed by atoms with Crippen LogP contribution >= 0.6 is 0 Å². The second kappa shape index (κ2) is 7.77. The fourth-order valence-electron chi connectivity index (χ4n) is 3.13. The van der Waals surface area contributed by atoms with E-state index in [1.165, 1.54) is 44.5 Å². The summed E-state index contributed by atoms with van der Waals surface area (Å²) < 4.78 is 0. The molecule has 3 nitrogen and oxygen atoms in total. The standard InChI is InChI=1S/C17H29N3/c1-18-17(15-8-5-4-6-9-15)11-13-20-12-7-10-16(14-20)19(2)3/h4-6,8-9,16-18H,7,10-14H2,1-3H3. The van der Waals surface area contributed by atoms with Crippen LogP contribution in [0.5, 0.6) is 0 Å². The van der Waals surface area contributed by atoms with Crippen LogP contribution in [-0.4, -0.2) is 56.6 Å².